The third-order valence-corrected chi connectivity index (χ3v) is 6.48. The highest BCUT2D eigenvalue weighted by Crippen LogP contribution is 2.40. The summed E-state index contributed by atoms with van der Waals surface area (Å²) in [6.07, 6.45) is 6.32. The third-order valence-electron chi connectivity index (χ3n) is 6.13. The van der Waals surface area contributed by atoms with Gasteiger partial charge < -0.3 is 24.3 Å². The second kappa shape index (κ2) is 9.30. The molecule has 0 saturated carbocycles. The van der Waals surface area contributed by atoms with Crippen molar-refractivity contribution in [1.82, 2.24) is 19.8 Å². The van der Waals surface area contributed by atoms with E-state index < -0.39 is 0 Å². The van der Waals surface area contributed by atoms with E-state index in [1.165, 1.54) is 0 Å². The predicted octanol–water partition coefficient (Wildman–Crippen LogP) is 4.42. The number of hydrogen-bond donors (Lipinski definition) is 1. The van der Waals surface area contributed by atoms with Gasteiger partial charge in [-0.2, -0.15) is 0 Å². The van der Waals surface area contributed by atoms with E-state index in [-0.39, 0.29) is 18.2 Å². The summed E-state index contributed by atoms with van der Waals surface area (Å²) in [6.45, 7) is 4.25. The fraction of sp³-hybridized carbons (Fsp3) is 0.360. The van der Waals surface area contributed by atoms with Crippen molar-refractivity contribution in [1.29, 1.82) is 0 Å². The van der Waals surface area contributed by atoms with Gasteiger partial charge in [-0.15, -0.1) is 0 Å². The molecule has 0 spiro atoms. The van der Waals surface area contributed by atoms with Crippen LogP contribution >= 0.6 is 12.2 Å². The minimum atomic E-state index is -0.0403. The number of benzene rings is 1. The van der Waals surface area contributed by atoms with Gasteiger partial charge in [0.1, 0.15) is 5.75 Å². The van der Waals surface area contributed by atoms with Crippen molar-refractivity contribution < 1.29 is 9.47 Å². The van der Waals surface area contributed by atoms with E-state index in [4.69, 9.17) is 21.7 Å². The Kier molecular flexibility index (Phi) is 6.10. The zero-order valence-corrected chi connectivity index (χ0v) is 19.0. The van der Waals surface area contributed by atoms with E-state index in [1.807, 2.05) is 37.4 Å². The summed E-state index contributed by atoms with van der Waals surface area (Å²) < 4.78 is 13.8. The molecule has 6 nitrogen and oxygen atoms in total. The fourth-order valence-corrected chi connectivity index (χ4v) is 4.99. The lowest BCUT2D eigenvalue weighted by Gasteiger charge is -2.30. The average Bonchev–Trinajstić information content (AvgIpc) is 3.57. The number of rotatable bonds is 7. The van der Waals surface area contributed by atoms with E-state index in [1.54, 1.807) is 0 Å². The van der Waals surface area contributed by atoms with Gasteiger partial charge in [0.25, 0.3) is 0 Å². The maximum Gasteiger partial charge on any atom is 0.170 e. The molecule has 2 aliphatic rings. The zero-order valence-electron chi connectivity index (χ0n) is 18.2. The summed E-state index contributed by atoms with van der Waals surface area (Å²) >= 11 is 5.81. The molecule has 4 heterocycles. The number of hydrogen-bond acceptors (Lipinski definition) is 4. The second-order valence-corrected chi connectivity index (χ2v) is 8.53. The summed E-state index contributed by atoms with van der Waals surface area (Å²) in [6, 6.07) is 18.5. The molecular formula is C25H28N4O2S. The van der Waals surface area contributed by atoms with Gasteiger partial charge in [-0.25, -0.2) is 0 Å². The molecular weight excluding hydrogens is 420 g/mol. The van der Waals surface area contributed by atoms with Crippen molar-refractivity contribution in [2.24, 2.45) is 0 Å². The van der Waals surface area contributed by atoms with Crippen LogP contribution in [0, 0.1) is 0 Å². The van der Waals surface area contributed by atoms with Crippen molar-refractivity contribution in [2.45, 2.75) is 38.0 Å². The average molecular weight is 449 g/mol. The molecule has 3 aromatic rings. The molecule has 0 bridgehead atoms. The fourth-order valence-electron chi connectivity index (χ4n) is 4.67. The lowest BCUT2D eigenvalue weighted by molar-refractivity contribution is 0.0836. The van der Waals surface area contributed by atoms with E-state index >= 15 is 0 Å². The quantitative estimate of drug-likeness (QED) is 0.540. The summed E-state index contributed by atoms with van der Waals surface area (Å²) in [5, 5.41) is 4.29. The highest BCUT2D eigenvalue weighted by atomic mass is 32.1. The summed E-state index contributed by atoms with van der Waals surface area (Å²) in [5.41, 5.74) is 3.23. The first kappa shape index (κ1) is 21.0. The number of aromatic nitrogens is 2. The Morgan fingerprint density at radius 3 is 2.75 bits per heavy atom. The minimum Gasteiger partial charge on any atom is -0.494 e. The predicted molar refractivity (Wildman–Crippen MR) is 128 cm³/mol. The van der Waals surface area contributed by atoms with Crippen LogP contribution in [0.3, 0.4) is 0 Å². The van der Waals surface area contributed by atoms with Crippen molar-refractivity contribution in [3.05, 3.63) is 78.4 Å². The van der Waals surface area contributed by atoms with Gasteiger partial charge in [-0.05, 0) is 80.5 Å². The van der Waals surface area contributed by atoms with Crippen LogP contribution in [-0.4, -0.2) is 45.4 Å². The maximum absolute atomic E-state index is 5.96. The smallest absolute Gasteiger partial charge is 0.170 e. The van der Waals surface area contributed by atoms with Crippen LogP contribution in [0.1, 0.15) is 43.2 Å². The first-order valence-electron chi connectivity index (χ1n) is 11.2. The van der Waals surface area contributed by atoms with Gasteiger partial charge >= 0.3 is 0 Å². The molecule has 32 heavy (non-hydrogen) atoms. The molecule has 0 amide bonds. The summed E-state index contributed by atoms with van der Waals surface area (Å²) in [5.74, 6) is 0.875. The number of nitrogens with one attached hydrogen (secondary N) is 1. The molecule has 2 aromatic heterocycles. The second-order valence-electron chi connectivity index (χ2n) is 8.14. The standard InChI is InChI=1S/C25H28N4O2S/c1-2-30-19-12-10-18(11-13-19)28-15-5-9-22(28)24-23(21-8-3-4-14-26-21)27-25(32)29(24)17-20-7-6-16-31-20/h3-5,8-15,20,23-24H,2,6-7,16-17H2,1H3,(H,27,32). The van der Waals surface area contributed by atoms with E-state index in [2.05, 4.69) is 56.3 Å². The summed E-state index contributed by atoms with van der Waals surface area (Å²) in [7, 11) is 0. The number of nitrogens with zero attached hydrogens (tertiary/aromatic N) is 3. The molecule has 2 fully saturated rings. The van der Waals surface area contributed by atoms with Crippen LogP contribution in [0.5, 0.6) is 5.75 Å². The van der Waals surface area contributed by atoms with Gasteiger partial charge in [0.2, 0.25) is 0 Å². The number of thiocarbonyl (C=S) groups is 1. The largest absolute Gasteiger partial charge is 0.494 e. The molecule has 166 valence electrons. The first-order valence-corrected chi connectivity index (χ1v) is 11.7. The molecule has 0 aliphatic carbocycles. The van der Waals surface area contributed by atoms with Gasteiger partial charge in [0.05, 0.1) is 30.5 Å². The zero-order chi connectivity index (χ0) is 21.9. The Labute approximate surface area is 194 Å². The molecule has 2 aliphatic heterocycles. The highest BCUT2D eigenvalue weighted by molar-refractivity contribution is 7.80. The highest BCUT2D eigenvalue weighted by Gasteiger charge is 2.42. The maximum atomic E-state index is 5.96. The molecule has 5 rings (SSSR count). The normalized spacial score (nSPS) is 22.8. The molecule has 1 N–H and O–H groups in total. The number of pyridine rings is 1. The lowest BCUT2D eigenvalue weighted by Crippen LogP contribution is -2.36. The summed E-state index contributed by atoms with van der Waals surface area (Å²) in [4.78, 5) is 6.93. The van der Waals surface area contributed by atoms with Gasteiger partial charge in [0, 0.05) is 36.9 Å². The van der Waals surface area contributed by atoms with Crippen LogP contribution in [-0.2, 0) is 4.74 Å². The Morgan fingerprint density at radius 2 is 2.03 bits per heavy atom. The van der Waals surface area contributed by atoms with Crippen LogP contribution in [0.4, 0.5) is 0 Å². The molecule has 3 atom stereocenters. The van der Waals surface area contributed by atoms with Crippen LogP contribution in [0.25, 0.3) is 5.69 Å². The van der Waals surface area contributed by atoms with Crippen molar-refractivity contribution in [3.63, 3.8) is 0 Å². The topological polar surface area (TPSA) is 51.5 Å². The van der Waals surface area contributed by atoms with Crippen molar-refractivity contribution >= 4 is 17.3 Å². The van der Waals surface area contributed by atoms with E-state index in [0.29, 0.717) is 6.61 Å². The Morgan fingerprint density at radius 1 is 1.16 bits per heavy atom. The number of ether oxygens (including phenoxy) is 2. The monoisotopic (exact) mass is 448 g/mol. The third kappa shape index (κ3) is 4.10. The minimum absolute atomic E-state index is 0.00293. The molecule has 1 aromatic carbocycles. The SMILES string of the molecule is CCOc1ccc(-n2cccc2C2C(c3ccccn3)NC(=S)N2CC2CCCO2)cc1. The lowest BCUT2D eigenvalue weighted by atomic mass is 10.0. The molecule has 7 heteroatoms. The molecule has 3 unspecified atom stereocenters. The van der Waals surface area contributed by atoms with Gasteiger partial charge in [-0.1, -0.05) is 6.07 Å². The van der Waals surface area contributed by atoms with Crippen LogP contribution in [0.15, 0.2) is 67.0 Å². The molecule has 2 saturated heterocycles. The Balaban J connectivity index is 1.53. The van der Waals surface area contributed by atoms with Crippen LogP contribution in [0.2, 0.25) is 0 Å². The van der Waals surface area contributed by atoms with E-state index in [9.17, 15) is 0 Å². The first-order chi connectivity index (χ1) is 15.7. The Bertz CT molecular complexity index is 1050. The van der Waals surface area contributed by atoms with Gasteiger partial charge in [0.15, 0.2) is 5.11 Å². The van der Waals surface area contributed by atoms with E-state index in [0.717, 1.165) is 53.9 Å². The molecule has 0 radical (unpaired) electrons. The van der Waals surface area contributed by atoms with Gasteiger partial charge in [-0.3, -0.25) is 4.98 Å². The Hall–Kier alpha value is -2.90. The van der Waals surface area contributed by atoms with Crippen molar-refractivity contribution in [3.8, 4) is 11.4 Å². The van der Waals surface area contributed by atoms with Crippen molar-refractivity contribution in [2.75, 3.05) is 19.8 Å². The van der Waals surface area contributed by atoms with Crippen LogP contribution < -0.4 is 10.1 Å².